The summed E-state index contributed by atoms with van der Waals surface area (Å²) < 4.78 is 39.9. The second-order valence-electron chi connectivity index (χ2n) is 12.8. The molecule has 4 aromatic rings. The maximum absolute atomic E-state index is 13.2. The van der Waals surface area contributed by atoms with Crippen molar-refractivity contribution in [2.75, 3.05) is 10.6 Å². The average molecular weight is 629 g/mol. The van der Waals surface area contributed by atoms with Crippen molar-refractivity contribution >= 4 is 54.3 Å². The number of benzene rings is 2. The number of carbonyl (C=O) groups is 2. The van der Waals surface area contributed by atoms with Gasteiger partial charge in [0.2, 0.25) is 5.95 Å². The third-order valence-electron chi connectivity index (χ3n) is 7.17. The molecule has 0 atom stereocenters. The minimum atomic E-state index is -2.66. The quantitative estimate of drug-likeness (QED) is 0.190. The number of halogens is 2. The van der Waals surface area contributed by atoms with Gasteiger partial charge in [0.1, 0.15) is 5.60 Å². The Hall–Kier alpha value is -3.61. The summed E-state index contributed by atoms with van der Waals surface area (Å²) in [5.41, 5.74) is 2.65. The topological polar surface area (TPSA) is 94.5 Å². The zero-order valence-electron chi connectivity index (χ0n) is 25.7. The maximum atomic E-state index is 13.2. The fourth-order valence-electron chi connectivity index (χ4n) is 3.94. The summed E-state index contributed by atoms with van der Waals surface area (Å²) in [5.74, 6) is -0.359. The second-order valence-corrected chi connectivity index (χ2v) is 18.7. The van der Waals surface area contributed by atoms with E-state index in [4.69, 9.17) is 14.1 Å². The fourth-order valence-corrected chi connectivity index (χ4v) is 5.66. The van der Waals surface area contributed by atoms with Gasteiger partial charge in [-0.2, -0.15) is 0 Å². The van der Waals surface area contributed by atoms with Crippen molar-refractivity contribution in [1.82, 2.24) is 9.55 Å². The molecule has 0 bridgehead atoms. The number of thiophene rings is 1. The molecule has 2 aromatic heterocycles. The van der Waals surface area contributed by atoms with Crippen molar-refractivity contribution in [3.05, 3.63) is 69.9 Å². The number of alkyl halides is 2. The third kappa shape index (κ3) is 7.87. The SMILES string of the molecule is CC(C)(C)OC(=O)Nc1cccc(-n2c(NC(=O)c3ccc(C(F)F)s3)nc3cc(CO[Si](C)(C)C(C)(C)C)ccc32)c1. The molecule has 230 valence electrons. The fraction of sp³-hybridized carbons (Fsp3) is 0.387. The van der Waals surface area contributed by atoms with Crippen LogP contribution in [0.5, 0.6) is 0 Å². The highest BCUT2D eigenvalue weighted by Gasteiger charge is 2.37. The van der Waals surface area contributed by atoms with Crippen molar-refractivity contribution in [1.29, 1.82) is 0 Å². The van der Waals surface area contributed by atoms with Gasteiger partial charge in [-0.05, 0) is 86.9 Å². The van der Waals surface area contributed by atoms with E-state index < -0.39 is 32.3 Å². The zero-order valence-corrected chi connectivity index (χ0v) is 27.5. The Morgan fingerprint density at radius 3 is 2.35 bits per heavy atom. The van der Waals surface area contributed by atoms with Crippen LogP contribution in [0.25, 0.3) is 16.7 Å². The molecule has 0 saturated carbocycles. The van der Waals surface area contributed by atoms with Crippen LogP contribution in [0.4, 0.5) is 25.2 Å². The normalized spacial score (nSPS) is 12.5. The lowest BCUT2D eigenvalue weighted by molar-refractivity contribution is 0.0635. The van der Waals surface area contributed by atoms with E-state index in [9.17, 15) is 18.4 Å². The van der Waals surface area contributed by atoms with Crippen LogP contribution < -0.4 is 10.6 Å². The van der Waals surface area contributed by atoms with Gasteiger partial charge in [0.05, 0.1) is 33.1 Å². The van der Waals surface area contributed by atoms with Crippen molar-refractivity contribution < 1.29 is 27.5 Å². The molecule has 0 saturated heterocycles. The molecule has 43 heavy (non-hydrogen) atoms. The van der Waals surface area contributed by atoms with E-state index in [-0.39, 0.29) is 20.7 Å². The molecular weight excluding hydrogens is 591 g/mol. The van der Waals surface area contributed by atoms with E-state index in [1.165, 1.54) is 12.1 Å². The molecule has 2 heterocycles. The van der Waals surface area contributed by atoms with Gasteiger partial charge in [0.15, 0.2) is 8.32 Å². The molecule has 12 heteroatoms. The van der Waals surface area contributed by atoms with Gasteiger partial charge in [-0.15, -0.1) is 11.3 Å². The highest BCUT2D eigenvalue weighted by molar-refractivity contribution is 7.14. The van der Waals surface area contributed by atoms with Crippen LogP contribution in [-0.2, 0) is 15.8 Å². The average Bonchev–Trinajstić information content (AvgIpc) is 3.51. The molecule has 2 N–H and O–H groups in total. The lowest BCUT2D eigenvalue weighted by Crippen LogP contribution is -2.40. The predicted molar refractivity (Wildman–Crippen MR) is 170 cm³/mol. The molecule has 0 aliphatic carbocycles. The highest BCUT2D eigenvalue weighted by Crippen LogP contribution is 2.37. The molecule has 0 unspecified atom stereocenters. The minimum absolute atomic E-state index is 0.0560. The number of aromatic nitrogens is 2. The van der Waals surface area contributed by atoms with Gasteiger partial charge in [-0.3, -0.25) is 20.0 Å². The second kappa shape index (κ2) is 12.2. The number of amides is 2. The molecule has 0 radical (unpaired) electrons. The highest BCUT2D eigenvalue weighted by atomic mass is 32.1. The van der Waals surface area contributed by atoms with E-state index in [0.29, 0.717) is 29.0 Å². The lowest BCUT2D eigenvalue weighted by Gasteiger charge is -2.36. The molecule has 0 aliphatic rings. The van der Waals surface area contributed by atoms with Gasteiger partial charge in [0.25, 0.3) is 12.3 Å². The number of nitrogens with one attached hydrogen (secondary N) is 2. The summed E-state index contributed by atoms with van der Waals surface area (Å²) in [4.78, 5) is 30.2. The number of fused-ring (bicyclic) bond motifs is 1. The first kappa shape index (κ1) is 32.3. The zero-order chi connectivity index (χ0) is 31.7. The number of hydrogen-bond acceptors (Lipinski definition) is 6. The standard InChI is InChI=1S/C31H38F2N4O4SSi/c1-30(2,3)41-29(39)34-20-10-9-11-21(17-20)37-23-13-12-19(18-40-43(7,8)31(4,5)6)16-22(23)35-28(37)36-27(38)25-15-14-24(42-25)26(32)33/h9-17,26H,18H2,1-8H3,(H,34,39)(H,35,36,38). The van der Waals surface area contributed by atoms with Gasteiger partial charge < -0.3 is 9.16 Å². The summed E-state index contributed by atoms with van der Waals surface area (Å²) in [6, 6.07) is 15.4. The number of ether oxygens (including phenoxy) is 1. The smallest absolute Gasteiger partial charge is 0.412 e. The van der Waals surface area contributed by atoms with E-state index in [0.717, 1.165) is 16.9 Å². The van der Waals surface area contributed by atoms with Crippen LogP contribution in [0.1, 0.15) is 68.1 Å². The molecule has 0 aliphatic heterocycles. The number of imidazole rings is 1. The first-order valence-corrected chi connectivity index (χ1v) is 17.6. The van der Waals surface area contributed by atoms with E-state index in [2.05, 4.69) is 44.5 Å². The van der Waals surface area contributed by atoms with Crippen LogP contribution >= 0.6 is 11.3 Å². The summed E-state index contributed by atoms with van der Waals surface area (Å²) in [6.07, 6.45) is -3.27. The minimum Gasteiger partial charge on any atom is -0.444 e. The van der Waals surface area contributed by atoms with Gasteiger partial charge in [-0.25, -0.2) is 18.6 Å². The third-order valence-corrected chi connectivity index (χ3v) is 12.7. The Kier molecular flexibility index (Phi) is 9.15. The lowest BCUT2D eigenvalue weighted by atomic mass is 10.2. The van der Waals surface area contributed by atoms with Crippen LogP contribution in [0.15, 0.2) is 54.6 Å². The van der Waals surface area contributed by atoms with Crippen molar-refractivity contribution in [3.63, 3.8) is 0 Å². The number of hydrogen-bond donors (Lipinski definition) is 2. The van der Waals surface area contributed by atoms with Crippen LogP contribution in [-0.4, -0.2) is 35.5 Å². The van der Waals surface area contributed by atoms with E-state index in [1.54, 1.807) is 43.5 Å². The van der Waals surface area contributed by atoms with Gasteiger partial charge in [0, 0.05) is 5.69 Å². The molecule has 4 rings (SSSR count). The van der Waals surface area contributed by atoms with Crippen molar-refractivity contribution in [3.8, 4) is 5.69 Å². The maximum Gasteiger partial charge on any atom is 0.412 e. The summed E-state index contributed by atoms with van der Waals surface area (Å²) in [6.45, 7) is 16.7. The van der Waals surface area contributed by atoms with Gasteiger partial charge >= 0.3 is 6.09 Å². The molecule has 8 nitrogen and oxygen atoms in total. The molecule has 2 amide bonds. The van der Waals surface area contributed by atoms with Crippen molar-refractivity contribution in [2.24, 2.45) is 0 Å². The molecule has 0 fully saturated rings. The Labute approximate surface area is 255 Å². The Bertz CT molecular complexity index is 1640. The predicted octanol–water partition coefficient (Wildman–Crippen LogP) is 9.15. The van der Waals surface area contributed by atoms with Crippen LogP contribution in [0.2, 0.25) is 18.1 Å². The number of nitrogens with zero attached hydrogens (tertiary/aromatic N) is 2. The summed E-state index contributed by atoms with van der Waals surface area (Å²) in [5, 5.41) is 5.59. The largest absolute Gasteiger partial charge is 0.444 e. The summed E-state index contributed by atoms with van der Waals surface area (Å²) >= 11 is 0.731. The molecule has 2 aromatic carbocycles. The monoisotopic (exact) mass is 628 g/mol. The van der Waals surface area contributed by atoms with E-state index >= 15 is 0 Å². The Morgan fingerprint density at radius 2 is 1.72 bits per heavy atom. The number of carbonyl (C=O) groups excluding carboxylic acids is 2. The molecular formula is C31H38F2N4O4SSi. The van der Waals surface area contributed by atoms with Crippen LogP contribution in [0.3, 0.4) is 0 Å². The Morgan fingerprint density at radius 1 is 1.00 bits per heavy atom. The number of anilines is 2. The van der Waals surface area contributed by atoms with E-state index in [1.807, 2.05) is 24.3 Å². The first-order chi connectivity index (χ1) is 19.9. The summed E-state index contributed by atoms with van der Waals surface area (Å²) in [7, 11) is -1.99. The number of rotatable bonds is 8. The first-order valence-electron chi connectivity index (χ1n) is 13.9. The van der Waals surface area contributed by atoms with Crippen LogP contribution in [0, 0.1) is 0 Å². The Balaban J connectivity index is 1.72. The molecule has 0 spiro atoms. The van der Waals surface area contributed by atoms with Gasteiger partial charge in [-0.1, -0.05) is 32.9 Å². The van der Waals surface area contributed by atoms with Crippen molar-refractivity contribution in [2.45, 2.75) is 78.3 Å².